The van der Waals surface area contributed by atoms with E-state index in [1.165, 1.54) is 6.92 Å². The number of aromatic carboxylic acids is 1. The zero-order valence-electron chi connectivity index (χ0n) is 11.5. The Bertz CT molecular complexity index is 733. The molecule has 1 atom stereocenters. The Morgan fingerprint density at radius 1 is 1.10 bits per heavy atom. The van der Waals surface area contributed by atoms with E-state index in [-0.39, 0.29) is 24.1 Å². The third-order valence-corrected chi connectivity index (χ3v) is 3.76. The molecule has 0 saturated heterocycles. The van der Waals surface area contributed by atoms with E-state index in [0.29, 0.717) is 0 Å². The molecule has 0 aliphatic heterocycles. The lowest BCUT2D eigenvalue weighted by atomic mass is 9.93. The Morgan fingerprint density at radius 2 is 1.81 bits per heavy atom. The molecule has 1 aliphatic rings. The second kappa shape index (κ2) is 5.05. The number of esters is 1. The van der Waals surface area contributed by atoms with Gasteiger partial charge in [-0.05, 0) is 28.3 Å². The van der Waals surface area contributed by atoms with Gasteiger partial charge in [-0.15, -0.1) is 0 Å². The van der Waals surface area contributed by atoms with E-state index in [0.717, 1.165) is 22.3 Å². The first kappa shape index (κ1) is 13.4. The second-order valence-corrected chi connectivity index (χ2v) is 5.01. The van der Waals surface area contributed by atoms with Crippen molar-refractivity contribution < 1.29 is 19.4 Å². The minimum Gasteiger partial charge on any atom is -0.478 e. The van der Waals surface area contributed by atoms with Gasteiger partial charge < -0.3 is 9.84 Å². The fourth-order valence-corrected chi connectivity index (χ4v) is 2.94. The molecule has 1 unspecified atom stereocenters. The van der Waals surface area contributed by atoms with Gasteiger partial charge in [0.1, 0.15) is 6.61 Å². The van der Waals surface area contributed by atoms with Crippen LogP contribution < -0.4 is 0 Å². The summed E-state index contributed by atoms with van der Waals surface area (Å²) in [7, 11) is 0. The molecule has 4 nitrogen and oxygen atoms in total. The third kappa shape index (κ3) is 2.18. The number of carbonyl (C=O) groups excluding carboxylic acids is 1. The van der Waals surface area contributed by atoms with Crippen molar-refractivity contribution in [3.63, 3.8) is 0 Å². The van der Waals surface area contributed by atoms with E-state index in [1.807, 2.05) is 30.3 Å². The highest BCUT2D eigenvalue weighted by atomic mass is 16.5. The number of carboxylic acid groups (broad SMARTS) is 1. The summed E-state index contributed by atoms with van der Waals surface area (Å²) in [6.45, 7) is 1.51. The van der Waals surface area contributed by atoms with Crippen molar-refractivity contribution in [2.24, 2.45) is 0 Å². The lowest BCUT2D eigenvalue weighted by molar-refractivity contribution is -0.141. The Labute approximate surface area is 122 Å². The maximum atomic E-state index is 11.5. The average molecular weight is 282 g/mol. The zero-order valence-corrected chi connectivity index (χ0v) is 11.5. The van der Waals surface area contributed by atoms with E-state index < -0.39 is 5.97 Å². The van der Waals surface area contributed by atoms with Gasteiger partial charge in [0.05, 0.1) is 5.56 Å². The topological polar surface area (TPSA) is 63.6 Å². The fraction of sp³-hybridized carbons (Fsp3) is 0.176. The van der Waals surface area contributed by atoms with Gasteiger partial charge in [0, 0.05) is 12.8 Å². The van der Waals surface area contributed by atoms with Crippen LogP contribution in [0.3, 0.4) is 0 Å². The van der Waals surface area contributed by atoms with Gasteiger partial charge in [-0.2, -0.15) is 0 Å². The summed E-state index contributed by atoms with van der Waals surface area (Å²) < 4.78 is 5.14. The molecule has 0 saturated carbocycles. The van der Waals surface area contributed by atoms with E-state index in [9.17, 15) is 14.7 Å². The predicted octanol–water partition coefficient (Wildman–Crippen LogP) is 3.06. The van der Waals surface area contributed by atoms with Crippen molar-refractivity contribution in [3.05, 3.63) is 59.2 Å². The number of rotatable bonds is 3. The molecule has 0 heterocycles. The molecule has 4 heteroatoms. The van der Waals surface area contributed by atoms with Crippen molar-refractivity contribution in [2.75, 3.05) is 6.61 Å². The summed E-state index contributed by atoms with van der Waals surface area (Å²) in [5, 5.41) is 9.42. The number of benzene rings is 2. The smallest absolute Gasteiger partial charge is 0.336 e. The molecular weight excluding hydrogens is 268 g/mol. The summed E-state index contributed by atoms with van der Waals surface area (Å²) in [4.78, 5) is 22.6. The first-order valence-electron chi connectivity index (χ1n) is 6.68. The first-order valence-corrected chi connectivity index (χ1v) is 6.68. The minimum atomic E-state index is -0.965. The standard InChI is InChI=1S/C17H14O4/c1-10(18)21-9-15-12-6-3-2-5-11(12)13-7-4-8-14(16(13)15)17(19)20/h2-8,15H,9H2,1H3,(H,19,20). The van der Waals surface area contributed by atoms with Gasteiger partial charge in [0.15, 0.2) is 0 Å². The third-order valence-electron chi connectivity index (χ3n) is 3.76. The Morgan fingerprint density at radius 3 is 2.52 bits per heavy atom. The molecule has 0 fully saturated rings. The number of carboxylic acids is 1. The molecule has 2 aromatic carbocycles. The Hall–Kier alpha value is -2.62. The maximum Gasteiger partial charge on any atom is 0.336 e. The number of carbonyl (C=O) groups is 2. The molecule has 0 spiro atoms. The monoisotopic (exact) mass is 282 g/mol. The molecule has 1 N–H and O–H groups in total. The number of ether oxygens (including phenoxy) is 1. The molecule has 0 bridgehead atoms. The average Bonchev–Trinajstić information content (AvgIpc) is 2.79. The van der Waals surface area contributed by atoms with Gasteiger partial charge in [-0.1, -0.05) is 36.4 Å². The molecule has 1 aliphatic carbocycles. The Kier molecular flexibility index (Phi) is 3.22. The van der Waals surface area contributed by atoms with E-state index in [1.54, 1.807) is 12.1 Å². The minimum absolute atomic E-state index is 0.156. The normalized spacial score (nSPS) is 15.2. The van der Waals surface area contributed by atoms with E-state index in [4.69, 9.17) is 4.74 Å². The highest BCUT2D eigenvalue weighted by molar-refractivity contribution is 5.95. The van der Waals surface area contributed by atoms with Gasteiger partial charge in [-0.25, -0.2) is 4.79 Å². The van der Waals surface area contributed by atoms with Gasteiger partial charge in [0.25, 0.3) is 0 Å². The molecule has 3 rings (SSSR count). The van der Waals surface area contributed by atoms with Crippen LogP contribution in [0, 0.1) is 0 Å². The SMILES string of the molecule is CC(=O)OCC1c2ccccc2-c2cccc(C(=O)O)c21. The Balaban J connectivity index is 2.17. The highest BCUT2D eigenvalue weighted by Gasteiger charge is 2.32. The van der Waals surface area contributed by atoms with Crippen molar-refractivity contribution in [1.29, 1.82) is 0 Å². The van der Waals surface area contributed by atoms with Gasteiger partial charge >= 0.3 is 11.9 Å². The van der Waals surface area contributed by atoms with Gasteiger partial charge in [-0.3, -0.25) is 4.79 Å². The van der Waals surface area contributed by atoms with Crippen molar-refractivity contribution >= 4 is 11.9 Å². The van der Waals surface area contributed by atoms with Crippen molar-refractivity contribution in [3.8, 4) is 11.1 Å². The highest BCUT2D eigenvalue weighted by Crippen LogP contribution is 2.46. The van der Waals surface area contributed by atoms with E-state index >= 15 is 0 Å². The second-order valence-electron chi connectivity index (χ2n) is 5.01. The lowest BCUT2D eigenvalue weighted by Crippen LogP contribution is -2.13. The summed E-state index contributed by atoms with van der Waals surface area (Å²) >= 11 is 0. The van der Waals surface area contributed by atoms with Crippen molar-refractivity contribution in [1.82, 2.24) is 0 Å². The molecular formula is C17H14O4. The summed E-state index contributed by atoms with van der Waals surface area (Å²) in [6, 6.07) is 13.0. The van der Waals surface area contributed by atoms with Crippen LogP contribution in [0.2, 0.25) is 0 Å². The summed E-state index contributed by atoms with van der Waals surface area (Å²) in [5.74, 6) is -1.56. The van der Waals surface area contributed by atoms with Crippen LogP contribution in [0.5, 0.6) is 0 Å². The number of hydrogen-bond acceptors (Lipinski definition) is 3. The van der Waals surface area contributed by atoms with Crippen LogP contribution in [-0.4, -0.2) is 23.7 Å². The van der Waals surface area contributed by atoms with Crippen LogP contribution in [0.4, 0.5) is 0 Å². The zero-order chi connectivity index (χ0) is 15.0. The summed E-state index contributed by atoms with van der Waals surface area (Å²) in [5.41, 5.74) is 3.91. The quantitative estimate of drug-likeness (QED) is 0.879. The number of hydrogen-bond donors (Lipinski definition) is 1. The molecule has 0 aromatic heterocycles. The predicted molar refractivity (Wildman–Crippen MR) is 77.3 cm³/mol. The molecule has 2 aromatic rings. The summed E-state index contributed by atoms with van der Waals surface area (Å²) in [6.07, 6.45) is 0. The molecule has 0 radical (unpaired) electrons. The van der Waals surface area contributed by atoms with E-state index in [2.05, 4.69) is 0 Å². The van der Waals surface area contributed by atoms with Crippen LogP contribution in [0.1, 0.15) is 34.3 Å². The molecule has 0 amide bonds. The van der Waals surface area contributed by atoms with Crippen LogP contribution >= 0.6 is 0 Å². The van der Waals surface area contributed by atoms with Gasteiger partial charge in [0.2, 0.25) is 0 Å². The van der Waals surface area contributed by atoms with Crippen LogP contribution in [0.15, 0.2) is 42.5 Å². The molecule has 106 valence electrons. The van der Waals surface area contributed by atoms with Crippen molar-refractivity contribution in [2.45, 2.75) is 12.8 Å². The van der Waals surface area contributed by atoms with Crippen LogP contribution in [-0.2, 0) is 9.53 Å². The van der Waals surface area contributed by atoms with Crippen LogP contribution in [0.25, 0.3) is 11.1 Å². The lowest BCUT2D eigenvalue weighted by Gasteiger charge is -2.15. The first-order chi connectivity index (χ1) is 10.1. The largest absolute Gasteiger partial charge is 0.478 e. The maximum absolute atomic E-state index is 11.5. The number of fused-ring (bicyclic) bond motifs is 3. The fourth-order valence-electron chi connectivity index (χ4n) is 2.94. The molecule has 21 heavy (non-hydrogen) atoms.